The molecule has 0 heterocycles. The summed E-state index contributed by atoms with van der Waals surface area (Å²) in [7, 11) is 0. The number of amides is 1. The molecule has 0 unspecified atom stereocenters. The second kappa shape index (κ2) is 8.82. The average Bonchev–Trinajstić information content (AvgIpc) is 2.61. The summed E-state index contributed by atoms with van der Waals surface area (Å²) in [5, 5.41) is 13.9. The van der Waals surface area contributed by atoms with Crippen molar-refractivity contribution in [3.63, 3.8) is 0 Å². The van der Waals surface area contributed by atoms with E-state index in [-0.39, 0.29) is 18.0 Å². The molecular weight excluding hydrogens is 364 g/mol. The zero-order valence-electron chi connectivity index (χ0n) is 13.7. The number of hydrogen-bond donors (Lipinski definition) is 1. The van der Waals surface area contributed by atoms with E-state index in [1.165, 1.54) is 12.1 Å². The number of carbonyl (C=O) groups excluding carboxylic acids is 2. The first-order valence-electron chi connectivity index (χ1n) is 7.44. The molecule has 2 aromatic rings. The first kappa shape index (κ1) is 19.2. The molecule has 136 valence electrons. The number of carbonyl (C=O) groups is 2. The number of esters is 1. The Labute approximate surface area is 153 Å². The molecule has 0 aliphatic heterocycles. The van der Waals surface area contributed by atoms with E-state index in [1.807, 2.05) is 0 Å². The zero-order valence-corrected chi connectivity index (χ0v) is 14.5. The van der Waals surface area contributed by atoms with E-state index < -0.39 is 23.4 Å². The minimum atomic E-state index is -0.755. The van der Waals surface area contributed by atoms with Crippen molar-refractivity contribution >= 4 is 34.9 Å². The van der Waals surface area contributed by atoms with Crippen molar-refractivity contribution in [3.05, 3.63) is 63.2 Å². The summed E-state index contributed by atoms with van der Waals surface area (Å²) in [6, 6.07) is 10.8. The molecule has 0 atom stereocenters. The van der Waals surface area contributed by atoms with Gasteiger partial charge in [0, 0.05) is 11.1 Å². The minimum Gasteiger partial charge on any atom is -0.482 e. The van der Waals surface area contributed by atoms with Crippen LogP contribution in [0.4, 0.5) is 11.4 Å². The molecule has 0 bridgehead atoms. The SMILES string of the molecule is Cc1cccc([N+](=O)[O-])c1NC(=O)COC(=O)COc1ccc(Cl)cc1. The number of ether oxygens (including phenoxy) is 2. The molecule has 9 heteroatoms. The maximum absolute atomic E-state index is 11.9. The Kier molecular flexibility index (Phi) is 6.51. The van der Waals surface area contributed by atoms with Gasteiger partial charge in [-0.05, 0) is 36.8 Å². The molecule has 0 spiro atoms. The standard InChI is InChI=1S/C17H15ClN2O6/c1-11-3-2-4-14(20(23)24)17(11)19-15(21)9-26-16(22)10-25-13-7-5-12(18)6-8-13/h2-8H,9-10H2,1H3,(H,19,21). The third-order valence-corrected chi connectivity index (χ3v) is 3.50. The van der Waals surface area contributed by atoms with Crippen LogP contribution in [0.2, 0.25) is 5.02 Å². The van der Waals surface area contributed by atoms with Crippen molar-refractivity contribution in [2.24, 2.45) is 0 Å². The van der Waals surface area contributed by atoms with Crippen LogP contribution in [0.3, 0.4) is 0 Å². The van der Waals surface area contributed by atoms with E-state index in [4.69, 9.17) is 21.1 Å². The van der Waals surface area contributed by atoms with Gasteiger partial charge in [-0.25, -0.2) is 4.79 Å². The lowest BCUT2D eigenvalue weighted by Gasteiger charge is -2.10. The van der Waals surface area contributed by atoms with Crippen molar-refractivity contribution in [1.29, 1.82) is 0 Å². The summed E-state index contributed by atoms with van der Waals surface area (Å²) in [6.45, 7) is 0.641. The number of para-hydroxylation sites is 1. The van der Waals surface area contributed by atoms with Gasteiger partial charge in [-0.1, -0.05) is 23.7 Å². The number of nitrogens with one attached hydrogen (secondary N) is 1. The number of aryl methyl sites for hydroxylation is 1. The quantitative estimate of drug-likeness (QED) is 0.450. The molecule has 1 N–H and O–H groups in total. The molecule has 1 amide bonds. The lowest BCUT2D eigenvalue weighted by atomic mass is 10.1. The number of hydrogen-bond acceptors (Lipinski definition) is 6. The van der Waals surface area contributed by atoms with Crippen LogP contribution in [0, 0.1) is 17.0 Å². The summed E-state index contributed by atoms with van der Waals surface area (Å²) in [5.74, 6) is -1.03. The second-order valence-electron chi connectivity index (χ2n) is 5.18. The van der Waals surface area contributed by atoms with Crippen LogP contribution in [0.1, 0.15) is 5.56 Å². The van der Waals surface area contributed by atoms with Gasteiger partial charge in [-0.3, -0.25) is 14.9 Å². The molecule has 0 aliphatic carbocycles. The Morgan fingerprint density at radius 1 is 1.15 bits per heavy atom. The van der Waals surface area contributed by atoms with Gasteiger partial charge in [0.15, 0.2) is 13.2 Å². The highest BCUT2D eigenvalue weighted by Gasteiger charge is 2.18. The number of anilines is 1. The molecule has 8 nitrogen and oxygen atoms in total. The Hall–Kier alpha value is -3.13. The van der Waals surface area contributed by atoms with Gasteiger partial charge >= 0.3 is 5.97 Å². The van der Waals surface area contributed by atoms with Crippen LogP contribution in [-0.4, -0.2) is 30.0 Å². The van der Waals surface area contributed by atoms with E-state index in [0.717, 1.165) is 0 Å². The first-order valence-corrected chi connectivity index (χ1v) is 7.82. The van der Waals surface area contributed by atoms with Crippen LogP contribution in [-0.2, 0) is 14.3 Å². The Morgan fingerprint density at radius 2 is 1.85 bits per heavy atom. The van der Waals surface area contributed by atoms with Crippen LogP contribution < -0.4 is 10.1 Å². The lowest BCUT2D eigenvalue weighted by Crippen LogP contribution is -2.24. The van der Waals surface area contributed by atoms with Gasteiger partial charge in [-0.15, -0.1) is 0 Å². The molecule has 0 aromatic heterocycles. The molecule has 0 saturated carbocycles. The summed E-state index contributed by atoms with van der Waals surface area (Å²) in [5.41, 5.74) is 0.344. The smallest absolute Gasteiger partial charge is 0.344 e. The number of nitrogens with zero attached hydrogens (tertiary/aromatic N) is 1. The molecular formula is C17H15ClN2O6. The van der Waals surface area contributed by atoms with Gasteiger partial charge in [0.25, 0.3) is 11.6 Å². The lowest BCUT2D eigenvalue weighted by molar-refractivity contribution is -0.384. The number of rotatable bonds is 7. The van der Waals surface area contributed by atoms with Crippen molar-refractivity contribution in [2.75, 3.05) is 18.5 Å². The van der Waals surface area contributed by atoms with Crippen molar-refractivity contribution in [3.8, 4) is 5.75 Å². The Bertz CT molecular complexity index is 823. The largest absolute Gasteiger partial charge is 0.482 e. The van der Waals surface area contributed by atoms with Gasteiger partial charge in [0.05, 0.1) is 4.92 Å². The fourth-order valence-corrected chi connectivity index (χ4v) is 2.13. The van der Waals surface area contributed by atoms with Gasteiger partial charge in [0.1, 0.15) is 11.4 Å². The van der Waals surface area contributed by atoms with E-state index in [0.29, 0.717) is 16.3 Å². The van der Waals surface area contributed by atoms with Crippen LogP contribution in [0.5, 0.6) is 5.75 Å². The summed E-state index contributed by atoms with van der Waals surface area (Å²) >= 11 is 5.73. The summed E-state index contributed by atoms with van der Waals surface area (Å²) in [6.07, 6.45) is 0. The Morgan fingerprint density at radius 3 is 2.50 bits per heavy atom. The molecule has 2 rings (SSSR count). The van der Waals surface area contributed by atoms with E-state index in [1.54, 1.807) is 37.3 Å². The van der Waals surface area contributed by atoms with Crippen LogP contribution in [0.15, 0.2) is 42.5 Å². The van der Waals surface area contributed by atoms with Gasteiger partial charge in [0.2, 0.25) is 0 Å². The van der Waals surface area contributed by atoms with Crippen molar-refractivity contribution < 1.29 is 24.0 Å². The molecule has 0 saturated heterocycles. The first-order chi connectivity index (χ1) is 12.4. The summed E-state index contributed by atoms with van der Waals surface area (Å²) in [4.78, 5) is 33.9. The third kappa shape index (κ3) is 5.45. The second-order valence-corrected chi connectivity index (χ2v) is 5.61. The monoisotopic (exact) mass is 378 g/mol. The van der Waals surface area contributed by atoms with E-state index in [9.17, 15) is 19.7 Å². The fraction of sp³-hybridized carbons (Fsp3) is 0.176. The molecule has 2 aromatic carbocycles. The van der Waals surface area contributed by atoms with Gasteiger partial charge < -0.3 is 14.8 Å². The fourth-order valence-electron chi connectivity index (χ4n) is 2.00. The number of nitro benzene ring substituents is 1. The maximum atomic E-state index is 11.9. The van der Waals surface area contributed by atoms with Crippen molar-refractivity contribution in [1.82, 2.24) is 0 Å². The number of nitro groups is 1. The zero-order chi connectivity index (χ0) is 19.1. The Balaban J connectivity index is 1.84. The molecule has 0 radical (unpaired) electrons. The van der Waals surface area contributed by atoms with Crippen LogP contribution >= 0.6 is 11.6 Å². The summed E-state index contributed by atoms with van der Waals surface area (Å²) < 4.78 is 9.98. The maximum Gasteiger partial charge on any atom is 0.344 e. The van der Waals surface area contributed by atoms with Crippen molar-refractivity contribution in [2.45, 2.75) is 6.92 Å². The van der Waals surface area contributed by atoms with Crippen LogP contribution in [0.25, 0.3) is 0 Å². The topological polar surface area (TPSA) is 108 Å². The number of benzene rings is 2. The predicted octanol–water partition coefficient (Wildman–Crippen LogP) is 3.12. The minimum absolute atomic E-state index is 0.0657. The highest BCUT2D eigenvalue weighted by atomic mass is 35.5. The number of halogens is 1. The molecule has 0 fully saturated rings. The van der Waals surface area contributed by atoms with E-state index in [2.05, 4.69) is 5.32 Å². The van der Waals surface area contributed by atoms with E-state index >= 15 is 0 Å². The average molecular weight is 379 g/mol. The highest BCUT2D eigenvalue weighted by Crippen LogP contribution is 2.27. The van der Waals surface area contributed by atoms with Gasteiger partial charge in [-0.2, -0.15) is 0 Å². The normalized spacial score (nSPS) is 10.1. The highest BCUT2D eigenvalue weighted by molar-refractivity contribution is 6.30. The predicted molar refractivity (Wildman–Crippen MR) is 94.4 cm³/mol. The third-order valence-electron chi connectivity index (χ3n) is 3.25. The molecule has 26 heavy (non-hydrogen) atoms. The molecule has 0 aliphatic rings.